The molecular formula is C17H17BrCl2. The Labute approximate surface area is 139 Å². The van der Waals surface area contributed by atoms with Crippen molar-refractivity contribution in [3.05, 3.63) is 68.7 Å². The lowest BCUT2D eigenvalue weighted by Gasteiger charge is -2.14. The molecular weight excluding hydrogens is 355 g/mol. The fourth-order valence-corrected chi connectivity index (χ4v) is 3.30. The Hall–Kier alpha value is -0.500. The molecule has 1 atom stereocenters. The summed E-state index contributed by atoms with van der Waals surface area (Å²) >= 11 is 16.2. The molecule has 2 aromatic rings. The van der Waals surface area contributed by atoms with Crippen molar-refractivity contribution < 1.29 is 0 Å². The third-order valence-electron chi connectivity index (χ3n) is 3.15. The summed E-state index contributed by atoms with van der Waals surface area (Å²) in [7, 11) is 0. The maximum absolute atomic E-state index is 6.58. The van der Waals surface area contributed by atoms with Gasteiger partial charge in [-0.15, -0.1) is 11.6 Å². The molecule has 0 spiro atoms. The number of alkyl halides is 1. The topological polar surface area (TPSA) is 0 Å². The molecule has 0 saturated heterocycles. The number of halogens is 3. The SMILES string of the molecule is CC(C)Cc1ccc(C(Cl)c2cc(Cl)ccc2Br)cc1. The lowest BCUT2D eigenvalue weighted by atomic mass is 9.99. The zero-order valence-corrected chi connectivity index (χ0v) is 14.6. The second-order valence-electron chi connectivity index (χ2n) is 5.37. The Bertz CT molecular complexity index is 576. The van der Waals surface area contributed by atoms with Gasteiger partial charge >= 0.3 is 0 Å². The number of benzene rings is 2. The maximum Gasteiger partial charge on any atom is 0.0846 e. The van der Waals surface area contributed by atoms with E-state index >= 15 is 0 Å². The van der Waals surface area contributed by atoms with E-state index in [-0.39, 0.29) is 5.38 Å². The average Bonchev–Trinajstić information content (AvgIpc) is 2.41. The molecule has 2 aromatic carbocycles. The molecule has 0 aliphatic carbocycles. The van der Waals surface area contributed by atoms with Crippen LogP contribution in [0.1, 0.15) is 35.9 Å². The molecule has 0 heterocycles. The third kappa shape index (κ3) is 4.00. The summed E-state index contributed by atoms with van der Waals surface area (Å²) in [5.74, 6) is 0.662. The highest BCUT2D eigenvalue weighted by molar-refractivity contribution is 9.10. The molecule has 0 aliphatic rings. The van der Waals surface area contributed by atoms with Crippen LogP contribution < -0.4 is 0 Å². The van der Waals surface area contributed by atoms with Crippen LogP contribution in [0.4, 0.5) is 0 Å². The van der Waals surface area contributed by atoms with E-state index in [0.29, 0.717) is 10.9 Å². The quantitative estimate of drug-likeness (QED) is 0.529. The Balaban J connectivity index is 2.24. The largest absolute Gasteiger partial charge is 0.113 e. The molecule has 2 rings (SSSR count). The van der Waals surface area contributed by atoms with Gasteiger partial charge in [-0.25, -0.2) is 0 Å². The third-order valence-corrected chi connectivity index (χ3v) is 4.59. The van der Waals surface area contributed by atoms with E-state index in [4.69, 9.17) is 23.2 Å². The minimum absolute atomic E-state index is 0.198. The van der Waals surface area contributed by atoms with Crippen LogP contribution >= 0.6 is 39.1 Å². The Morgan fingerprint density at radius 3 is 2.30 bits per heavy atom. The molecule has 20 heavy (non-hydrogen) atoms. The van der Waals surface area contributed by atoms with Crippen molar-refractivity contribution in [2.24, 2.45) is 5.92 Å². The predicted molar refractivity (Wildman–Crippen MR) is 91.8 cm³/mol. The van der Waals surface area contributed by atoms with Crippen molar-refractivity contribution in [3.8, 4) is 0 Å². The molecule has 106 valence electrons. The first-order valence-electron chi connectivity index (χ1n) is 6.65. The summed E-state index contributed by atoms with van der Waals surface area (Å²) in [4.78, 5) is 0. The van der Waals surface area contributed by atoms with E-state index in [1.807, 2.05) is 18.2 Å². The summed E-state index contributed by atoms with van der Waals surface area (Å²) in [6, 6.07) is 14.2. The molecule has 1 unspecified atom stereocenters. The highest BCUT2D eigenvalue weighted by Gasteiger charge is 2.14. The summed E-state index contributed by atoms with van der Waals surface area (Å²) in [5, 5.41) is 0.501. The summed E-state index contributed by atoms with van der Waals surface area (Å²) in [5.41, 5.74) is 3.43. The summed E-state index contributed by atoms with van der Waals surface area (Å²) < 4.78 is 0.980. The van der Waals surface area contributed by atoms with E-state index < -0.39 is 0 Å². The Kier molecular flexibility index (Phi) is 5.54. The van der Waals surface area contributed by atoms with Crippen LogP contribution in [-0.4, -0.2) is 0 Å². The molecule has 0 aliphatic heterocycles. The van der Waals surface area contributed by atoms with Crippen molar-refractivity contribution in [1.82, 2.24) is 0 Å². The summed E-state index contributed by atoms with van der Waals surface area (Å²) in [6.45, 7) is 4.45. The van der Waals surface area contributed by atoms with Crippen LogP contribution in [0.3, 0.4) is 0 Å². The van der Waals surface area contributed by atoms with Crippen LogP contribution in [0.5, 0.6) is 0 Å². The van der Waals surface area contributed by atoms with Crippen LogP contribution in [0.15, 0.2) is 46.9 Å². The fraction of sp³-hybridized carbons (Fsp3) is 0.294. The van der Waals surface area contributed by atoms with E-state index in [1.165, 1.54) is 5.56 Å². The van der Waals surface area contributed by atoms with Crippen LogP contribution in [0.2, 0.25) is 5.02 Å². The van der Waals surface area contributed by atoms with Crippen molar-refractivity contribution >= 4 is 39.1 Å². The normalized spacial score (nSPS) is 12.7. The van der Waals surface area contributed by atoms with Gasteiger partial charge in [0.15, 0.2) is 0 Å². The van der Waals surface area contributed by atoms with Gasteiger partial charge < -0.3 is 0 Å². The minimum Gasteiger partial charge on any atom is -0.113 e. The standard InChI is InChI=1S/C17H17BrCl2/c1-11(2)9-12-3-5-13(6-4-12)17(20)15-10-14(19)7-8-16(15)18/h3-8,10-11,17H,9H2,1-2H3. The average molecular weight is 372 g/mol. The first-order valence-corrected chi connectivity index (χ1v) is 8.26. The van der Waals surface area contributed by atoms with Gasteiger partial charge in [-0.05, 0) is 47.2 Å². The van der Waals surface area contributed by atoms with Crippen LogP contribution in [-0.2, 0) is 6.42 Å². The number of rotatable bonds is 4. The van der Waals surface area contributed by atoms with E-state index in [2.05, 4.69) is 54.0 Å². The second-order valence-corrected chi connectivity index (χ2v) is 7.10. The number of hydrogen-bond acceptors (Lipinski definition) is 0. The van der Waals surface area contributed by atoms with Gasteiger partial charge in [0.05, 0.1) is 5.38 Å². The highest BCUT2D eigenvalue weighted by atomic mass is 79.9. The van der Waals surface area contributed by atoms with Gasteiger partial charge in [-0.2, -0.15) is 0 Å². The minimum atomic E-state index is -0.198. The van der Waals surface area contributed by atoms with Crippen molar-refractivity contribution in [2.45, 2.75) is 25.6 Å². The van der Waals surface area contributed by atoms with E-state index in [0.717, 1.165) is 22.0 Å². The lowest BCUT2D eigenvalue weighted by molar-refractivity contribution is 0.647. The van der Waals surface area contributed by atoms with Gasteiger partial charge in [-0.3, -0.25) is 0 Å². The fourth-order valence-electron chi connectivity index (χ4n) is 2.18. The molecule has 0 bridgehead atoms. The molecule has 0 saturated carbocycles. The van der Waals surface area contributed by atoms with Gasteiger partial charge in [0.2, 0.25) is 0 Å². The van der Waals surface area contributed by atoms with Gasteiger partial charge in [0.25, 0.3) is 0 Å². The molecule has 0 amide bonds. The van der Waals surface area contributed by atoms with Gasteiger partial charge in [0, 0.05) is 9.50 Å². The monoisotopic (exact) mass is 370 g/mol. The molecule has 3 heteroatoms. The first kappa shape index (κ1) is 15.9. The molecule has 0 radical (unpaired) electrons. The Morgan fingerprint density at radius 1 is 1.05 bits per heavy atom. The van der Waals surface area contributed by atoms with Crippen LogP contribution in [0.25, 0.3) is 0 Å². The molecule has 0 N–H and O–H groups in total. The molecule has 0 fully saturated rings. The van der Waals surface area contributed by atoms with Gasteiger partial charge in [0.1, 0.15) is 0 Å². The van der Waals surface area contributed by atoms with Crippen LogP contribution in [0, 0.1) is 5.92 Å². The predicted octanol–water partition coefficient (Wildman–Crippen LogP) is 6.63. The van der Waals surface area contributed by atoms with Crippen molar-refractivity contribution in [3.63, 3.8) is 0 Å². The van der Waals surface area contributed by atoms with E-state index in [9.17, 15) is 0 Å². The van der Waals surface area contributed by atoms with Gasteiger partial charge in [-0.1, -0.05) is 65.6 Å². The lowest BCUT2D eigenvalue weighted by Crippen LogP contribution is -1.97. The maximum atomic E-state index is 6.58. The zero-order chi connectivity index (χ0) is 14.7. The molecule has 0 aromatic heterocycles. The van der Waals surface area contributed by atoms with Crippen molar-refractivity contribution in [2.75, 3.05) is 0 Å². The summed E-state index contributed by atoms with van der Waals surface area (Å²) in [6.07, 6.45) is 1.09. The second kappa shape index (κ2) is 6.98. The van der Waals surface area contributed by atoms with E-state index in [1.54, 1.807) is 0 Å². The zero-order valence-electron chi connectivity index (χ0n) is 11.5. The molecule has 0 nitrogen and oxygen atoms in total. The highest BCUT2D eigenvalue weighted by Crippen LogP contribution is 2.35. The smallest absolute Gasteiger partial charge is 0.0846 e. The number of hydrogen-bond donors (Lipinski definition) is 0. The van der Waals surface area contributed by atoms with Crippen molar-refractivity contribution in [1.29, 1.82) is 0 Å². The Morgan fingerprint density at radius 2 is 1.70 bits per heavy atom. The first-order chi connectivity index (χ1) is 9.47.